The molecule has 0 aromatic carbocycles. The molecule has 17 heavy (non-hydrogen) atoms. The van der Waals surface area contributed by atoms with Gasteiger partial charge >= 0.3 is 0 Å². The first-order valence-electron chi connectivity index (χ1n) is 4.87. The van der Waals surface area contributed by atoms with Crippen LogP contribution in [0.25, 0.3) is 0 Å². The second kappa shape index (κ2) is 5.07. The summed E-state index contributed by atoms with van der Waals surface area (Å²) in [4.78, 5) is 19.6. The zero-order valence-corrected chi connectivity index (χ0v) is 9.77. The summed E-state index contributed by atoms with van der Waals surface area (Å²) in [6.07, 6.45) is 0. The molecule has 2 N–H and O–H groups in total. The number of carbonyl (C=O) groups is 1. The van der Waals surface area contributed by atoms with Crippen molar-refractivity contribution < 1.29 is 9.90 Å². The van der Waals surface area contributed by atoms with Gasteiger partial charge in [0.15, 0.2) is 5.57 Å². The predicted molar refractivity (Wildman–Crippen MR) is 61.1 cm³/mol. The van der Waals surface area contributed by atoms with Crippen molar-refractivity contribution in [1.29, 1.82) is 5.26 Å². The minimum absolute atomic E-state index is 0.113. The van der Waals surface area contributed by atoms with Gasteiger partial charge in [-0.1, -0.05) is 0 Å². The highest BCUT2D eigenvalue weighted by molar-refractivity contribution is 6.05. The number of anilines is 1. The quantitative estimate of drug-likeness (QED) is 0.456. The number of aliphatic hydroxyl groups excluding tert-OH is 1. The number of nitriles is 1. The van der Waals surface area contributed by atoms with Crippen LogP contribution in [0, 0.1) is 25.2 Å². The standard InChI is InChI=1S/C11H12N4O2/c1-6-4-7(2)14-11(13-6)15-10(17)9(5-12)8(3)16/h4,16H,1-3H3,(H,13,14,15,17)/b9-8+. The number of nitrogens with zero attached hydrogens (tertiary/aromatic N) is 3. The third-order valence-corrected chi connectivity index (χ3v) is 1.91. The first kappa shape index (κ1) is 12.6. The summed E-state index contributed by atoms with van der Waals surface area (Å²) in [5, 5.41) is 20.2. The number of aromatic nitrogens is 2. The molecular weight excluding hydrogens is 220 g/mol. The molecule has 1 heterocycles. The summed E-state index contributed by atoms with van der Waals surface area (Å²) < 4.78 is 0. The van der Waals surface area contributed by atoms with E-state index in [4.69, 9.17) is 10.4 Å². The van der Waals surface area contributed by atoms with Crippen molar-refractivity contribution in [3.8, 4) is 6.07 Å². The number of nitrogens with one attached hydrogen (secondary N) is 1. The fourth-order valence-electron chi connectivity index (χ4n) is 1.24. The Morgan fingerprint density at radius 1 is 1.41 bits per heavy atom. The van der Waals surface area contributed by atoms with Gasteiger partial charge in [-0.2, -0.15) is 5.26 Å². The Morgan fingerprint density at radius 2 is 1.94 bits per heavy atom. The van der Waals surface area contributed by atoms with Crippen molar-refractivity contribution in [1.82, 2.24) is 9.97 Å². The van der Waals surface area contributed by atoms with Crippen LogP contribution in [0.1, 0.15) is 18.3 Å². The third kappa shape index (κ3) is 3.28. The Balaban J connectivity index is 2.97. The highest BCUT2D eigenvalue weighted by Crippen LogP contribution is 2.07. The number of rotatable bonds is 2. The van der Waals surface area contributed by atoms with Crippen LogP contribution in [0.5, 0.6) is 0 Å². The van der Waals surface area contributed by atoms with Gasteiger partial charge in [0.1, 0.15) is 11.8 Å². The minimum atomic E-state index is -0.725. The topological polar surface area (TPSA) is 98.9 Å². The highest BCUT2D eigenvalue weighted by Gasteiger charge is 2.14. The minimum Gasteiger partial charge on any atom is -0.511 e. The molecule has 0 atom stereocenters. The largest absolute Gasteiger partial charge is 0.511 e. The molecule has 0 unspecified atom stereocenters. The molecule has 0 radical (unpaired) electrons. The number of hydrogen-bond acceptors (Lipinski definition) is 5. The van der Waals surface area contributed by atoms with Crippen LogP contribution in [-0.2, 0) is 4.79 Å². The summed E-state index contributed by atoms with van der Waals surface area (Å²) in [6, 6.07) is 3.37. The van der Waals surface area contributed by atoms with Crippen LogP contribution < -0.4 is 5.32 Å². The monoisotopic (exact) mass is 232 g/mol. The molecule has 0 saturated heterocycles. The van der Waals surface area contributed by atoms with Crippen molar-refractivity contribution >= 4 is 11.9 Å². The van der Waals surface area contributed by atoms with Crippen LogP contribution in [0.3, 0.4) is 0 Å². The van der Waals surface area contributed by atoms with Gasteiger partial charge in [0, 0.05) is 11.4 Å². The zero-order valence-electron chi connectivity index (χ0n) is 9.77. The Morgan fingerprint density at radius 3 is 2.35 bits per heavy atom. The number of hydrogen-bond donors (Lipinski definition) is 2. The molecule has 0 aliphatic carbocycles. The van der Waals surface area contributed by atoms with E-state index >= 15 is 0 Å². The number of allylic oxidation sites excluding steroid dienone is 1. The lowest BCUT2D eigenvalue weighted by atomic mass is 10.2. The average Bonchev–Trinajstić information content (AvgIpc) is 2.15. The molecule has 1 aromatic rings. The summed E-state index contributed by atoms with van der Waals surface area (Å²) in [6.45, 7) is 4.80. The van der Waals surface area contributed by atoms with Gasteiger partial charge in [-0.05, 0) is 26.8 Å². The van der Waals surface area contributed by atoms with Crippen LogP contribution in [0.15, 0.2) is 17.4 Å². The first-order valence-corrected chi connectivity index (χ1v) is 4.87. The van der Waals surface area contributed by atoms with Crippen molar-refractivity contribution in [2.75, 3.05) is 5.32 Å². The van der Waals surface area contributed by atoms with E-state index in [1.54, 1.807) is 26.0 Å². The molecular formula is C11H12N4O2. The Bertz CT molecular complexity index is 505. The lowest BCUT2D eigenvalue weighted by Crippen LogP contribution is -2.17. The summed E-state index contributed by atoms with van der Waals surface area (Å²) in [7, 11) is 0. The zero-order chi connectivity index (χ0) is 13.0. The Labute approximate surface area is 98.6 Å². The van der Waals surface area contributed by atoms with Gasteiger partial charge in [-0.15, -0.1) is 0 Å². The Kier molecular flexibility index (Phi) is 3.78. The van der Waals surface area contributed by atoms with Gasteiger partial charge in [0.2, 0.25) is 5.95 Å². The van der Waals surface area contributed by atoms with Crippen LogP contribution in [0.4, 0.5) is 5.95 Å². The number of amides is 1. The molecule has 1 amide bonds. The maximum absolute atomic E-state index is 11.6. The molecule has 0 fully saturated rings. The van der Waals surface area contributed by atoms with E-state index < -0.39 is 5.91 Å². The van der Waals surface area contributed by atoms with E-state index in [0.29, 0.717) is 11.4 Å². The molecule has 0 bridgehead atoms. The fraction of sp³-hybridized carbons (Fsp3) is 0.273. The van der Waals surface area contributed by atoms with Crippen LogP contribution in [0.2, 0.25) is 0 Å². The van der Waals surface area contributed by atoms with Gasteiger partial charge in [-0.25, -0.2) is 9.97 Å². The van der Waals surface area contributed by atoms with Gasteiger partial charge in [0.25, 0.3) is 5.91 Å². The van der Waals surface area contributed by atoms with E-state index in [-0.39, 0.29) is 17.3 Å². The lowest BCUT2D eigenvalue weighted by Gasteiger charge is -2.04. The van der Waals surface area contributed by atoms with Crippen molar-refractivity contribution in [3.05, 3.63) is 28.8 Å². The predicted octanol–water partition coefficient (Wildman–Crippen LogP) is 1.39. The Hall–Kier alpha value is -2.42. The first-order chi connectivity index (χ1) is 7.93. The maximum Gasteiger partial charge on any atom is 0.272 e. The van der Waals surface area contributed by atoms with Crippen LogP contribution >= 0.6 is 0 Å². The van der Waals surface area contributed by atoms with Gasteiger partial charge < -0.3 is 5.11 Å². The van der Waals surface area contributed by atoms with Crippen molar-refractivity contribution in [3.63, 3.8) is 0 Å². The van der Waals surface area contributed by atoms with Crippen LogP contribution in [-0.4, -0.2) is 21.0 Å². The number of aryl methyl sites for hydroxylation is 2. The number of carbonyl (C=O) groups excluding carboxylic acids is 1. The van der Waals surface area contributed by atoms with Crippen molar-refractivity contribution in [2.24, 2.45) is 0 Å². The maximum atomic E-state index is 11.6. The molecule has 88 valence electrons. The number of aliphatic hydroxyl groups is 1. The van der Waals surface area contributed by atoms with Crippen molar-refractivity contribution in [2.45, 2.75) is 20.8 Å². The molecule has 0 saturated carbocycles. The second-order valence-electron chi connectivity index (χ2n) is 3.50. The van der Waals surface area contributed by atoms with E-state index in [2.05, 4.69) is 15.3 Å². The van der Waals surface area contributed by atoms with E-state index in [1.807, 2.05) is 0 Å². The molecule has 0 aliphatic heterocycles. The fourth-order valence-corrected chi connectivity index (χ4v) is 1.24. The normalized spacial score (nSPS) is 11.4. The smallest absolute Gasteiger partial charge is 0.272 e. The summed E-state index contributed by atoms with van der Waals surface area (Å²) >= 11 is 0. The lowest BCUT2D eigenvalue weighted by molar-refractivity contribution is -0.112. The second-order valence-corrected chi connectivity index (χ2v) is 3.50. The molecule has 1 rings (SSSR count). The SMILES string of the molecule is C/C(O)=C(/C#N)C(=O)Nc1nc(C)cc(C)n1. The summed E-state index contributed by atoms with van der Waals surface area (Å²) in [5.74, 6) is -0.951. The van der Waals surface area contributed by atoms with E-state index in [0.717, 1.165) is 0 Å². The summed E-state index contributed by atoms with van der Waals surface area (Å²) in [5.41, 5.74) is 1.06. The molecule has 1 aromatic heterocycles. The third-order valence-electron chi connectivity index (χ3n) is 1.91. The van der Waals surface area contributed by atoms with E-state index in [9.17, 15) is 4.79 Å². The van der Waals surface area contributed by atoms with Gasteiger partial charge in [-0.3, -0.25) is 10.1 Å². The van der Waals surface area contributed by atoms with E-state index in [1.165, 1.54) is 6.92 Å². The molecule has 6 heteroatoms. The molecule has 6 nitrogen and oxygen atoms in total. The molecule has 0 aliphatic rings. The highest BCUT2D eigenvalue weighted by atomic mass is 16.3. The molecule has 0 spiro atoms. The van der Waals surface area contributed by atoms with Gasteiger partial charge in [0.05, 0.1) is 0 Å². The average molecular weight is 232 g/mol.